The van der Waals surface area contributed by atoms with Crippen molar-refractivity contribution in [3.8, 4) is 11.5 Å². The lowest BCUT2D eigenvalue weighted by molar-refractivity contribution is -0.114. The highest BCUT2D eigenvalue weighted by atomic mass is 16.5. The highest BCUT2D eigenvalue weighted by Gasteiger charge is 2.12. The number of carbonyl (C=O) groups is 2. The first kappa shape index (κ1) is 15.4. The fraction of sp³-hybridized carbons (Fsp3) is 0.125. The van der Waals surface area contributed by atoms with E-state index in [0.717, 1.165) is 0 Å². The van der Waals surface area contributed by atoms with E-state index in [-0.39, 0.29) is 17.2 Å². The fourth-order valence-electron chi connectivity index (χ4n) is 1.91. The predicted molar refractivity (Wildman–Crippen MR) is 83.4 cm³/mol. The van der Waals surface area contributed by atoms with Gasteiger partial charge in [0.05, 0.1) is 12.7 Å². The molecule has 3 N–H and O–H groups in total. The Labute approximate surface area is 127 Å². The van der Waals surface area contributed by atoms with Gasteiger partial charge in [0.1, 0.15) is 11.5 Å². The molecule has 0 saturated heterocycles. The van der Waals surface area contributed by atoms with Gasteiger partial charge in [-0.1, -0.05) is 6.07 Å². The maximum atomic E-state index is 12.2. The number of carbonyl (C=O) groups excluding carboxylic acids is 2. The van der Waals surface area contributed by atoms with Crippen molar-refractivity contribution in [1.29, 1.82) is 0 Å². The number of amides is 2. The van der Waals surface area contributed by atoms with Crippen LogP contribution in [0.2, 0.25) is 0 Å². The summed E-state index contributed by atoms with van der Waals surface area (Å²) in [5.41, 5.74) is 1.21. The summed E-state index contributed by atoms with van der Waals surface area (Å²) in [6.45, 7) is 1.40. The van der Waals surface area contributed by atoms with Crippen LogP contribution in [0.3, 0.4) is 0 Å². The third-order valence-electron chi connectivity index (χ3n) is 2.89. The summed E-state index contributed by atoms with van der Waals surface area (Å²) in [4.78, 5) is 23.2. The Morgan fingerprint density at radius 3 is 2.32 bits per heavy atom. The van der Waals surface area contributed by atoms with Crippen molar-refractivity contribution in [3.05, 3.63) is 48.0 Å². The van der Waals surface area contributed by atoms with Gasteiger partial charge in [-0.2, -0.15) is 0 Å². The van der Waals surface area contributed by atoms with Gasteiger partial charge >= 0.3 is 0 Å². The van der Waals surface area contributed by atoms with Crippen LogP contribution in [0.5, 0.6) is 11.5 Å². The summed E-state index contributed by atoms with van der Waals surface area (Å²) in [7, 11) is 1.47. The van der Waals surface area contributed by atoms with Gasteiger partial charge in [0.15, 0.2) is 0 Å². The van der Waals surface area contributed by atoms with Crippen LogP contribution < -0.4 is 15.4 Å². The second kappa shape index (κ2) is 6.62. The topological polar surface area (TPSA) is 87.7 Å². The Bertz CT molecular complexity index is 713. The lowest BCUT2D eigenvalue weighted by Gasteiger charge is -2.09. The molecule has 0 aliphatic carbocycles. The van der Waals surface area contributed by atoms with Crippen LogP contribution in [0.15, 0.2) is 42.5 Å². The minimum Gasteiger partial charge on any atom is -0.507 e. The van der Waals surface area contributed by atoms with Crippen LogP contribution in [-0.4, -0.2) is 24.0 Å². The Balaban J connectivity index is 2.16. The van der Waals surface area contributed by atoms with Gasteiger partial charge in [0, 0.05) is 24.4 Å². The number of rotatable bonds is 4. The molecule has 6 heteroatoms. The van der Waals surface area contributed by atoms with Gasteiger partial charge in [-0.3, -0.25) is 9.59 Å². The van der Waals surface area contributed by atoms with Gasteiger partial charge in [-0.15, -0.1) is 0 Å². The molecule has 0 bridgehead atoms. The van der Waals surface area contributed by atoms with Crippen LogP contribution in [-0.2, 0) is 4.79 Å². The second-order valence-corrected chi connectivity index (χ2v) is 4.60. The Hall–Kier alpha value is -3.02. The summed E-state index contributed by atoms with van der Waals surface area (Å²) in [6, 6.07) is 11.1. The Morgan fingerprint density at radius 1 is 1.05 bits per heavy atom. The molecule has 2 aromatic rings. The molecule has 114 valence electrons. The minimum atomic E-state index is -0.458. The molecule has 0 atom stereocenters. The van der Waals surface area contributed by atoms with Crippen LogP contribution in [0.4, 0.5) is 11.4 Å². The van der Waals surface area contributed by atoms with Crippen molar-refractivity contribution in [2.75, 3.05) is 17.7 Å². The van der Waals surface area contributed by atoms with E-state index in [1.807, 2.05) is 0 Å². The van der Waals surface area contributed by atoms with Crippen LogP contribution in [0.25, 0.3) is 0 Å². The molecule has 0 radical (unpaired) electrons. The van der Waals surface area contributed by atoms with E-state index in [1.54, 1.807) is 30.3 Å². The molecule has 0 unspecified atom stereocenters. The second-order valence-electron chi connectivity index (χ2n) is 4.60. The minimum absolute atomic E-state index is 0.130. The Morgan fingerprint density at radius 2 is 1.73 bits per heavy atom. The van der Waals surface area contributed by atoms with E-state index in [9.17, 15) is 14.7 Å². The zero-order chi connectivity index (χ0) is 16.1. The average molecular weight is 300 g/mol. The molecule has 0 aromatic heterocycles. The van der Waals surface area contributed by atoms with Crippen molar-refractivity contribution in [3.63, 3.8) is 0 Å². The standard InChI is InChI=1S/C16H16N2O4/c1-10(19)17-11-4-3-5-12(8-11)18-16(21)14-7-6-13(22-2)9-15(14)20/h3-9,20H,1-2H3,(H,17,19)(H,18,21). The summed E-state index contributed by atoms with van der Waals surface area (Å²) >= 11 is 0. The molecule has 0 heterocycles. The first-order valence-electron chi connectivity index (χ1n) is 6.55. The number of phenolic OH excluding ortho intramolecular Hbond substituents is 1. The van der Waals surface area contributed by atoms with Gasteiger partial charge in [0.2, 0.25) is 5.91 Å². The number of phenols is 1. The van der Waals surface area contributed by atoms with E-state index >= 15 is 0 Å². The summed E-state index contributed by atoms with van der Waals surface area (Å²) < 4.78 is 4.97. The number of nitrogens with one attached hydrogen (secondary N) is 2. The van der Waals surface area contributed by atoms with Crippen molar-refractivity contribution in [2.24, 2.45) is 0 Å². The van der Waals surface area contributed by atoms with E-state index in [4.69, 9.17) is 4.74 Å². The molecule has 2 amide bonds. The highest BCUT2D eigenvalue weighted by molar-refractivity contribution is 6.06. The number of anilines is 2. The quantitative estimate of drug-likeness (QED) is 0.810. The summed E-state index contributed by atoms with van der Waals surface area (Å²) in [5, 5.41) is 15.1. The average Bonchev–Trinajstić information content (AvgIpc) is 2.46. The molecule has 22 heavy (non-hydrogen) atoms. The fourth-order valence-corrected chi connectivity index (χ4v) is 1.91. The van der Waals surface area contributed by atoms with E-state index in [0.29, 0.717) is 17.1 Å². The zero-order valence-electron chi connectivity index (χ0n) is 12.2. The molecule has 0 spiro atoms. The first-order chi connectivity index (χ1) is 10.5. The third-order valence-corrected chi connectivity index (χ3v) is 2.89. The molecule has 0 saturated carbocycles. The van der Waals surface area contributed by atoms with Crippen molar-refractivity contribution in [2.45, 2.75) is 6.92 Å². The normalized spacial score (nSPS) is 9.91. The molecule has 2 aromatic carbocycles. The SMILES string of the molecule is COc1ccc(C(=O)Nc2cccc(NC(C)=O)c2)c(O)c1. The van der Waals surface area contributed by atoms with Crippen LogP contribution in [0, 0.1) is 0 Å². The maximum absolute atomic E-state index is 12.2. The zero-order valence-corrected chi connectivity index (χ0v) is 12.2. The number of methoxy groups -OCH3 is 1. The summed E-state index contributed by atoms with van der Waals surface area (Å²) in [6.07, 6.45) is 0. The molecular formula is C16H16N2O4. The molecule has 0 aliphatic heterocycles. The third kappa shape index (κ3) is 3.76. The largest absolute Gasteiger partial charge is 0.507 e. The number of hydrogen-bond acceptors (Lipinski definition) is 4. The van der Waals surface area contributed by atoms with E-state index in [2.05, 4.69) is 10.6 Å². The monoisotopic (exact) mass is 300 g/mol. The Kier molecular flexibility index (Phi) is 4.63. The maximum Gasteiger partial charge on any atom is 0.259 e. The van der Waals surface area contributed by atoms with Crippen molar-refractivity contribution < 1.29 is 19.4 Å². The predicted octanol–water partition coefficient (Wildman–Crippen LogP) is 2.61. The number of ether oxygens (including phenoxy) is 1. The van der Waals surface area contributed by atoms with Crippen molar-refractivity contribution in [1.82, 2.24) is 0 Å². The van der Waals surface area contributed by atoms with Crippen molar-refractivity contribution >= 4 is 23.2 Å². The van der Waals surface area contributed by atoms with Gasteiger partial charge in [-0.25, -0.2) is 0 Å². The molecule has 6 nitrogen and oxygen atoms in total. The molecule has 0 aliphatic rings. The van der Waals surface area contributed by atoms with Gasteiger partial charge in [0.25, 0.3) is 5.91 Å². The molecule has 2 rings (SSSR count). The first-order valence-corrected chi connectivity index (χ1v) is 6.55. The van der Waals surface area contributed by atoms with E-state index < -0.39 is 5.91 Å². The summed E-state index contributed by atoms with van der Waals surface area (Å²) in [5.74, 6) is -0.368. The number of benzene rings is 2. The van der Waals surface area contributed by atoms with Gasteiger partial charge in [-0.05, 0) is 30.3 Å². The molecular weight excluding hydrogens is 284 g/mol. The smallest absolute Gasteiger partial charge is 0.259 e. The lowest BCUT2D eigenvalue weighted by atomic mass is 10.1. The van der Waals surface area contributed by atoms with Crippen LogP contribution in [0.1, 0.15) is 17.3 Å². The molecule has 0 fully saturated rings. The van der Waals surface area contributed by atoms with E-state index in [1.165, 1.54) is 26.2 Å². The number of hydrogen-bond donors (Lipinski definition) is 3. The highest BCUT2D eigenvalue weighted by Crippen LogP contribution is 2.24. The number of aromatic hydroxyl groups is 1. The van der Waals surface area contributed by atoms with Gasteiger partial charge < -0.3 is 20.5 Å². The lowest BCUT2D eigenvalue weighted by Crippen LogP contribution is -2.12. The van der Waals surface area contributed by atoms with Crippen LogP contribution >= 0.6 is 0 Å².